The fraction of sp³-hybridized carbons (Fsp3) is 0.400. The zero-order chi connectivity index (χ0) is 20.3. The Kier molecular flexibility index (Phi) is 6.16. The topological polar surface area (TPSA) is 58.5 Å². The first-order valence-electron chi connectivity index (χ1n) is 6.96. The van der Waals surface area contributed by atoms with Gasteiger partial charge in [0, 0.05) is 11.3 Å². The molecule has 0 fully saturated rings. The number of carbonyl (C=O) groups excluding carboxylic acids is 2. The van der Waals surface area contributed by atoms with E-state index in [9.17, 15) is 40.3 Å². The molecule has 1 N–H and O–H groups in total. The molecule has 1 aromatic rings. The monoisotopic (exact) mass is 386 g/mol. The maximum absolute atomic E-state index is 13.2. The number of hydrogen-bond acceptors (Lipinski definition) is 3. The van der Waals surface area contributed by atoms with Gasteiger partial charge in [-0.3, -0.25) is 9.59 Å². The van der Waals surface area contributed by atoms with Gasteiger partial charge in [-0.15, -0.1) is 0 Å². The van der Waals surface area contributed by atoms with E-state index in [-0.39, 0.29) is 5.56 Å². The summed E-state index contributed by atoms with van der Waals surface area (Å²) in [6.07, 6.45) is -8.11. The normalized spacial score (nSPS) is 13.5. The van der Waals surface area contributed by atoms with Crippen LogP contribution in [-0.2, 0) is 4.79 Å². The van der Waals surface area contributed by atoms with Crippen molar-refractivity contribution in [3.63, 3.8) is 0 Å². The number of nitrogens with one attached hydrogen (secondary N) is 1. The summed E-state index contributed by atoms with van der Waals surface area (Å²) in [6.45, 7) is 2.67. The second-order valence-electron chi connectivity index (χ2n) is 5.40. The van der Waals surface area contributed by atoms with Gasteiger partial charge in [0.25, 0.3) is 5.91 Å². The highest BCUT2D eigenvalue weighted by Gasteiger charge is 2.75. The van der Waals surface area contributed by atoms with Crippen molar-refractivity contribution in [2.75, 3.05) is 0 Å². The Morgan fingerprint density at radius 3 is 1.96 bits per heavy atom. The zero-order valence-electron chi connectivity index (χ0n) is 13.4. The summed E-state index contributed by atoms with van der Waals surface area (Å²) >= 11 is 0. The zero-order valence-corrected chi connectivity index (χ0v) is 13.4. The van der Waals surface area contributed by atoms with E-state index in [0.717, 1.165) is 12.5 Å². The summed E-state index contributed by atoms with van der Waals surface area (Å²) in [7, 11) is 0. The summed E-state index contributed by atoms with van der Waals surface area (Å²) in [5, 5.41) is 3.26. The molecule has 0 atom stereocenters. The second kappa shape index (κ2) is 7.42. The summed E-state index contributed by atoms with van der Waals surface area (Å²) in [5.41, 5.74) is 2.29. The molecule has 1 amide bonds. The van der Waals surface area contributed by atoms with Crippen molar-refractivity contribution >= 4 is 17.4 Å². The number of ketones is 1. The fourth-order valence-electron chi connectivity index (χ4n) is 1.65. The highest BCUT2D eigenvalue weighted by atomic mass is 19.4. The van der Waals surface area contributed by atoms with E-state index in [4.69, 9.17) is 0 Å². The number of hydrazone groups is 1. The Labute approximate surface area is 143 Å². The molecule has 0 aliphatic heterocycles. The molecule has 0 spiro atoms. The number of hydrogen-bond donors (Lipinski definition) is 1. The van der Waals surface area contributed by atoms with Gasteiger partial charge < -0.3 is 0 Å². The van der Waals surface area contributed by atoms with E-state index in [2.05, 4.69) is 5.10 Å². The van der Waals surface area contributed by atoms with Gasteiger partial charge in [0.2, 0.25) is 5.78 Å². The van der Waals surface area contributed by atoms with E-state index in [0.29, 0.717) is 0 Å². The number of alkyl halides is 7. The van der Waals surface area contributed by atoms with Gasteiger partial charge in [0.05, 0.1) is 6.42 Å². The molecule has 0 saturated heterocycles. The third-order valence-electron chi connectivity index (χ3n) is 3.18. The second-order valence-corrected chi connectivity index (χ2v) is 5.40. The number of halogens is 7. The Morgan fingerprint density at radius 2 is 1.50 bits per heavy atom. The number of aryl methyl sites for hydroxylation is 1. The van der Waals surface area contributed by atoms with Gasteiger partial charge in [-0.05, 0) is 26.0 Å². The van der Waals surface area contributed by atoms with Crippen LogP contribution in [0.4, 0.5) is 30.7 Å². The van der Waals surface area contributed by atoms with Gasteiger partial charge >= 0.3 is 18.0 Å². The van der Waals surface area contributed by atoms with Crippen LogP contribution in [0.15, 0.2) is 29.4 Å². The molecule has 0 saturated carbocycles. The maximum atomic E-state index is 13.2. The van der Waals surface area contributed by atoms with Crippen LogP contribution < -0.4 is 5.43 Å². The lowest BCUT2D eigenvalue weighted by atomic mass is 10.0. The van der Waals surface area contributed by atoms with Crippen LogP contribution in [0.25, 0.3) is 0 Å². The van der Waals surface area contributed by atoms with E-state index in [1.54, 1.807) is 19.1 Å². The van der Waals surface area contributed by atoms with Crippen LogP contribution in [0, 0.1) is 6.92 Å². The average Bonchev–Trinajstić information content (AvgIpc) is 2.51. The van der Waals surface area contributed by atoms with Crippen molar-refractivity contribution in [1.82, 2.24) is 5.43 Å². The van der Waals surface area contributed by atoms with Crippen molar-refractivity contribution in [2.24, 2.45) is 5.10 Å². The number of carbonyl (C=O) groups is 2. The molecule has 26 heavy (non-hydrogen) atoms. The van der Waals surface area contributed by atoms with Crippen LogP contribution in [0.5, 0.6) is 0 Å². The Bertz CT molecular complexity index is 710. The third kappa shape index (κ3) is 4.58. The van der Waals surface area contributed by atoms with Gasteiger partial charge in [-0.1, -0.05) is 17.7 Å². The molecule has 0 bridgehead atoms. The van der Waals surface area contributed by atoms with E-state index in [1.165, 1.54) is 12.1 Å². The van der Waals surface area contributed by atoms with E-state index in [1.807, 2.05) is 5.43 Å². The highest BCUT2D eigenvalue weighted by molar-refractivity contribution is 6.05. The molecule has 4 nitrogen and oxygen atoms in total. The lowest BCUT2D eigenvalue weighted by Crippen LogP contribution is -2.56. The number of rotatable bonds is 6. The molecule has 0 radical (unpaired) electrons. The first-order chi connectivity index (χ1) is 11.7. The van der Waals surface area contributed by atoms with Crippen molar-refractivity contribution in [3.8, 4) is 0 Å². The van der Waals surface area contributed by atoms with Gasteiger partial charge in [0.15, 0.2) is 0 Å². The smallest absolute Gasteiger partial charge is 0.292 e. The number of amides is 1. The first kappa shape index (κ1) is 21.6. The molecule has 1 aromatic carbocycles. The van der Waals surface area contributed by atoms with Crippen LogP contribution in [-0.4, -0.2) is 35.4 Å². The van der Waals surface area contributed by atoms with Crippen molar-refractivity contribution in [3.05, 3.63) is 35.4 Å². The predicted molar refractivity (Wildman–Crippen MR) is 77.3 cm³/mol. The number of benzene rings is 1. The third-order valence-corrected chi connectivity index (χ3v) is 3.18. The number of Topliss-reactive ketones (excluding diaryl/α,β-unsaturated/α-hetero) is 1. The fourth-order valence-corrected chi connectivity index (χ4v) is 1.65. The van der Waals surface area contributed by atoms with Gasteiger partial charge in [-0.25, -0.2) is 5.43 Å². The Hall–Kier alpha value is -2.46. The highest BCUT2D eigenvalue weighted by Crippen LogP contribution is 2.47. The minimum Gasteiger partial charge on any atom is -0.292 e. The predicted octanol–water partition coefficient (Wildman–Crippen LogP) is 3.89. The van der Waals surface area contributed by atoms with Crippen LogP contribution in [0.1, 0.15) is 29.3 Å². The summed E-state index contributed by atoms with van der Waals surface area (Å²) in [4.78, 5) is 22.9. The first-order valence-corrected chi connectivity index (χ1v) is 6.96. The van der Waals surface area contributed by atoms with E-state index < -0.39 is 41.8 Å². The van der Waals surface area contributed by atoms with Gasteiger partial charge in [-0.2, -0.15) is 35.8 Å². The molecule has 0 unspecified atom stereocenters. The Morgan fingerprint density at radius 1 is 1.00 bits per heavy atom. The molecule has 0 aromatic heterocycles. The summed E-state index contributed by atoms with van der Waals surface area (Å²) in [5.74, 6) is -16.0. The van der Waals surface area contributed by atoms with Crippen LogP contribution >= 0.6 is 0 Å². The molecule has 0 aliphatic rings. The lowest BCUT2D eigenvalue weighted by Gasteiger charge is -2.26. The molecule has 1 rings (SSSR count). The molecular weight excluding hydrogens is 373 g/mol. The standard InChI is InChI=1S/C15H13F7N2O2/c1-8-3-5-10(6-4-8)12(26)24-23-9(2)7-11(25)13(16,17)14(18,19)15(20,21)22/h3-6H,7H2,1-2H3,(H,24,26). The molecule has 0 aliphatic carbocycles. The summed E-state index contributed by atoms with van der Waals surface area (Å²) < 4.78 is 88.0. The van der Waals surface area contributed by atoms with Crippen LogP contribution in [0.2, 0.25) is 0 Å². The molecule has 0 heterocycles. The molecule has 11 heteroatoms. The van der Waals surface area contributed by atoms with E-state index >= 15 is 0 Å². The Balaban J connectivity index is 2.81. The lowest BCUT2D eigenvalue weighted by molar-refractivity contribution is -0.343. The molecule has 144 valence electrons. The largest absolute Gasteiger partial charge is 0.460 e. The maximum Gasteiger partial charge on any atom is 0.460 e. The SMILES string of the molecule is CC(CC(=O)C(F)(F)C(F)(F)C(F)(F)F)=NNC(=O)c1ccc(C)cc1. The molecular formula is C15H13F7N2O2. The summed E-state index contributed by atoms with van der Waals surface area (Å²) in [6, 6.07) is 6.01. The average molecular weight is 386 g/mol. The van der Waals surface area contributed by atoms with Crippen molar-refractivity contribution < 1.29 is 40.3 Å². The van der Waals surface area contributed by atoms with Crippen molar-refractivity contribution in [1.29, 1.82) is 0 Å². The van der Waals surface area contributed by atoms with Gasteiger partial charge in [0.1, 0.15) is 0 Å². The minimum absolute atomic E-state index is 0.132. The van der Waals surface area contributed by atoms with Crippen LogP contribution in [0.3, 0.4) is 0 Å². The van der Waals surface area contributed by atoms with Crippen molar-refractivity contribution in [2.45, 2.75) is 38.3 Å². The quantitative estimate of drug-likeness (QED) is 0.458. The number of nitrogens with zero attached hydrogens (tertiary/aromatic N) is 1. The minimum atomic E-state index is -6.60.